The normalized spacial score (nSPS) is 16.5. The van der Waals surface area contributed by atoms with Gasteiger partial charge >= 0.3 is 0 Å². The van der Waals surface area contributed by atoms with E-state index in [4.69, 9.17) is 14.5 Å². The van der Waals surface area contributed by atoms with Crippen LogP contribution >= 0.6 is 0 Å². The van der Waals surface area contributed by atoms with Crippen LogP contribution in [0.2, 0.25) is 0 Å². The molecule has 0 saturated carbocycles. The van der Waals surface area contributed by atoms with Gasteiger partial charge in [-0.15, -0.1) is 0 Å². The molecule has 1 aromatic heterocycles. The van der Waals surface area contributed by atoms with Crippen LogP contribution in [0.1, 0.15) is 18.4 Å². The first-order valence-electron chi connectivity index (χ1n) is 11.6. The van der Waals surface area contributed by atoms with Gasteiger partial charge in [-0.05, 0) is 24.3 Å². The number of nitrogens with one attached hydrogen (secondary N) is 1. The summed E-state index contributed by atoms with van der Waals surface area (Å²) in [4.78, 5) is 26.4. The van der Waals surface area contributed by atoms with Crippen LogP contribution in [0.4, 0.5) is 11.5 Å². The van der Waals surface area contributed by atoms with Gasteiger partial charge in [0.05, 0.1) is 31.6 Å². The van der Waals surface area contributed by atoms with Gasteiger partial charge in [0.1, 0.15) is 0 Å². The third-order valence-electron chi connectivity index (χ3n) is 6.25. The number of rotatable bonds is 9. The Balaban J connectivity index is 1.49. The SMILES string of the molecule is COCCN1CCN(CC(=O)NCC2CCOCC2)c2cnc(-c3ccc(CO)cc3)nc21. The maximum Gasteiger partial charge on any atom is 0.239 e. The van der Waals surface area contributed by atoms with Crippen LogP contribution in [0.3, 0.4) is 0 Å². The van der Waals surface area contributed by atoms with Crippen molar-refractivity contribution in [3.8, 4) is 11.4 Å². The number of carbonyl (C=O) groups is 1. The highest BCUT2D eigenvalue weighted by Gasteiger charge is 2.27. The first-order chi connectivity index (χ1) is 16.2. The monoisotopic (exact) mass is 455 g/mol. The minimum Gasteiger partial charge on any atom is -0.392 e. The van der Waals surface area contributed by atoms with E-state index in [9.17, 15) is 9.90 Å². The van der Waals surface area contributed by atoms with E-state index in [0.29, 0.717) is 31.4 Å². The molecule has 1 saturated heterocycles. The second-order valence-corrected chi connectivity index (χ2v) is 8.52. The number of aromatic nitrogens is 2. The smallest absolute Gasteiger partial charge is 0.239 e. The van der Waals surface area contributed by atoms with Crippen molar-refractivity contribution in [2.75, 3.05) is 69.5 Å². The van der Waals surface area contributed by atoms with Gasteiger partial charge in [0, 0.05) is 52.1 Å². The number of amides is 1. The van der Waals surface area contributed by atoms with Crippen molar-refractivity contribution in [2.45, 2.75) is 19.4 Å². The van der Waals surface area contributed by atoms with Crippen LogP contribution < -0.4 is 15.1 Å². The summed E-state index contributed by atoms with van der Waals surface area (Å²) in [6.07, 6.45) is 3.80. The van der Waals surface area contributed by atoms with Crippen molar-refractivity contribution in [1.29, 1.82) is 0 Å². The maximum atomic E-state index is 12.7. The molecule has 0 atom stereocenters. The number of nitrogens with zero attached hydrogens (tertiary/aromatic N) is 4. The van der Waals surface area contributed by atoms with Crippen LogP contribution in [0, 0.1) is 5.92 Å². The quantitative estimate of drug-likeness (QED) is 0.586. The van der Waals surface area contributed by atoms with Crippen LogP contribution in [0.15, 0.2) is 30.5 Å². The Bertz CT molecular complexity index is 918. The molecule has 2 N–H and O–H groups in total. The summed E-state index contributed by atoms with van der Waals surface area (Å²) in [7, 11) is 1.69. The molecule has 0 bridgehead atoms. The van der Waals surface area contributed by atoms with Crippen molar-refractivity contribution in [1.82, 2.24) is 15.3 Å². The lowest BCUT2D eigenvalue weighted by molar-refractivity contribution is -0.120. The number of fused-ring (bicyclic) bond motifs is 1. The van der Waals surface area contributed by atoms with Crippen molar-refractivity contribution >= 4 is 17.4 Å². The molecule has 2 aromatic rings. The first-order valence-corrected chi connectivity index (χ1v) is 11.6. The molecule has 0 spiro atoms. The van der Waals surface area contributed by atoms with Gasteiger partial charge < -0.3 is 29.7 Å². The Kier molecular flexibility index (Phi) is 8.09. The van der Waals surface area contributed by atoms with Crippen LogP contribution in [0.5, 0.6) is 0 Å². The zero-order valence-corrected chi connectivity index (χ0v) is 19.2. The summed E-state index contributed by atoms with van der Waals surface area (Å²) < 4.78 is 10.7. The van der Waals surface area contributed by atoms with Crippen molar-refractivity contribution < 1.29 is 19.4 Å². The van der Waals surface area contributed by atoms with E-state index in [1.54, 1.807) is 7.11 Å². The molecular weight excluding hydrogens is 422 g/mol. The van der Waals surface area contributed by atoms with E-state index in [0.717, 1.165) is 61.8 Å². The van der Waals surface area contributed by atoms with Gasteiger partial charge in [-0.25, -0.2) is 9.97 Å². The van der Waals surface area contributed by atoms with E-state index in [-0.39, 0.29) is 19.1 Å². The van der Waals surface area contributed by atoms with Crippen LogP contribution in [0.25, 0.3) is 11.4 Å². The van der Waals surface area contributed by atoms with E-state index < -0.39 is 0 Å². The molecule has 1 aromatic carbocycles. The van der Waals surface area contributed by atoms with Gasteiger partial charge in [0.25, 0.3) is 0 Å². The highest BCUT2D eigenvalue weighted by atomic mass is 16.5. The molecule has 178 valence electrons. The van der Waals surface area contributed by atoms with Gasteiger partial charge in [-0.1, -0.05) is 24.3 Å². The van der Waals surface area contributed by atoms with Gasteiger partial charge in [0.2, 0.25) is 5.91 Å². The van der Waals surface area contributed by atoms with E-state index in [1.165, 1.54) is 0 Å². The molecule has 0 radical (unpaired) electrons. The Hall–Kier alpha value is -2.75. The molecule has 4 rings (SSSR count). The van der Waals surface area contributed by atoms with Crippen molar-refractivity contribution in [3.05, 3.63) is 36.0 Å². The maximum absolute atomic E-state index is 12.7. The average Bonchev–Trinajstić information content (AvgIpc) is 2.87. The Morgan fingerprint density at radius 1 is 1.21 bits per heavy atom. The molecule has 3 heterocycles. The second-order valence-electron chi connectivity index (χ2n) is 8.52. The molecule has 9 heteroatoms. The number of ether oxygens (including phenoxy) is 2. The standard InChI is InChI=1S/C24H33N5O4/c1-32-13-10-28-8-9-29(16-22(31)25-14-18-6-11-33-12-7-18)21-15-26-23(27-24(21)28)20-4-2-19(17-30)3-5-20/h2-5,15,18,30H,6-14,16-17H2,1H3,(H,25,31). The topological polar surface area (TPSA) is 100 Å². The zero-order chi connectivity index (χ0) is 23.0. The number of methoxy groups -OCH3 is 1. The fraction of sp³-hybridized carbons (Fsp3) is 0.542. The predicted molar refractivity (Wildman–Crippen MR) is 126 cm³/mol. The molecule has 0 unspecified atom stereocenters. The van der Waals surface area contributed by atoms with Crippen LogP contribution in [-0.4, -0.2) is 80.6 Å². The number of anilines is 2. The molecule has 33 heavy (non-hydrogen) atoms. The number of hydrogen-bond acceptors (Lipinski definition) is 8. The second kappa shape index (κ2) is 11.4. The van der Waals surface area contributed by atoms with Gasteiger partial charge in [-0.2, -0.15) is 0 Å². The molecule has 2 aliphatic heterocycles. The van der Waals surface area contributed by atoms with Gasteiger partial charge in [0.15, 0.2) is 11.6 Å². The van der Waals surface area contributed by atoms with Gasteiger partial charge in [-0.3, -0.25) is 4.79 Å². The van der Waals surface area contributed by atoms with E-state index in [2.05, 4.69) is 20.1 Å². The zero-order valence-electron chi connectivity index (χ0n) is 19.2. The highest BCUT2D eigenvalue weighted by Crippen LogP contribution is 2.32. The molecule has 9 nitrogen and oxygen atoms in total. The summed E-state index contributed by atoms with van der Waals surface area (Å²) >= 11 is 0. The summed E-state index contributed by atoms with van der Waals surface area (Å²) in [6, 6.07) is 7.57. The molecule has 2 aliphatic rings. The number of hydrogen-bond donors (Lipinski definition) is 2. The molecule has 0 aliphatic carbocycles. The lowest BCUT2D eigenvalue weighted by Crippen LogP contribution is -2.47. The Morgan fingerprint density at radius 3 is 2.70 bits per heavy atom. The fourth-order valence-electron chi connectivity index (χ4n) is 4.21. The highest BCUT2D eigenvalue weighted by molar-refractivity contribution is 5.83. The number of benzene rings is 1. The number of aliphatic hydroxyl groups excluding tert-OH is 1. The number of aliphatic hydroxyl groups is 1. The molecule has 1 fully saturated rings. The van der Waals surface area contributed by atoms with E-state index >= 15 is 0 Å². The third kappa shape index (κ3) is 5.98. The first kappa shape index (κ1) is 23.4. The Labute approximate surface area is 194 Å². The minimum absolute atomic E-state index is 0.00166. The lowest BCUT2D eigenvalue weighted by atomic mass is 10.0. The Morgan fingerprint density at radius 2 is 1.97 bits per heavy atom. The lowest BCUT2D eigenvalue weighted by Gasteiger charge is -2.37. The summed E-state index contributed by atoms with van der Waals surface area (Å²) in [5.41, 5.74) is 2.58. The summed E-state index contributed by atoms with van der Waals surface area (Å²) in [5.74, 6) is 1.93. The van der Waals surface area contributed by atoms with Crippen molar-refractivity contribution in [2.24, 2.45) is 5.92 Å². The summed E-state index contributed by atoms with van der Waals surface area (Å²) in [6.45, 7) is 5.31. The van der Waals surface area contributed by atoms with Crippen LogP contribution in [-0.2, 0) is 20.9 Å². The largest absolute Gasteiger partial charge is 0.392 e. The fourth-order valence-corrected chi connectivity index (χ4v) is 4.21. The predicted octanol–water partition coefficient (Wildman–Crippen LogP) is 1.45. The minimum atomic E-state index is 0.00166. The average molecular weight is 456 g/mol. The third-order valence-corrected chi connectivity index (χ3v) is 6.25. The number of carbonyl (C=O) groups excluding carboxylic acids is 1. The van der Waals surface area contributed by atoms with Crippen molar-refractivity contribution in [3.63, 3.8) is 0 Å². The van der Waals surface area contributed by atoms with E-state index in [1.807, 2.05) is 30.5 Å². The molecular formula is C24H33N5O4. The molecule has 1 amide bonds. The summed E-state index contributed by atoms with van der Waals surface area (Å²) in [5, 5.41) is 12.4.